The van der Waals surface area contributed by atoms with Crippen molar-refractivity contribution in [2.24, 2.45) is 0 Å². The van der Waals surface area contributed by atoms with Gasteiger partial charge in [0.05, 0.1) is 11.6 Å². The summed E-state index contributed by atoms with van der Waals surface area (Å²) in [5.74, 6) is 0. The van der Waals surface area contributed by atoms with Crippen molar-refractivity contribution in [1.82, 2.24) is 9.47 Å². The number of aromatic nitrogens is 1. The SMILES string of the molecule is Cc1cc2c(c(C)c1NC(=O)N1CCC[C@@H](O)C1)c1ccccc1n2C(C)C. The van der Waals surface area contributed by atoms with E-state index in [0.29, 0.717) is 19.1 Å². The molecule has 4 rings (SSSR count). The van der Waals surface area contributed by atoms with Crippen LogP contribution in [-0.2, 0) is 0 Å². The molecule has 2 heterocycles. The maximum absolute atomic E-state index is 12.8. The predicted octanol–water partition coefficient (Wildman–Crippen LogP) is 4.98. The molecule has 0 aliphatic carbocycles. The van der Waals surface area contributed by atoms with Crippen LogP contribution in [0, 0.1) is 13.8 Å². The van der Waals surface area contributed by atoms with Gasteiger partial charge in [0, 0.05) is 41.1 Å². The van der Waals surface area contributed by atoms with E-state index < -0.39 is 6.10 Å². The third-order valence-electron chi connectivity index (χ3n) is 5.88. The van der Waals surface area contributed by atoms with Gasteiger partial charge in [-0.05, 0) is 63.8 Å². The lowest BCUT2D eigenvalue weighted by Gasteiger charge is -2.30. The molecule has 2 amide bonds. The number of anilines is 1. The molecule has 1 atom stereocenters. The van der Waals surface area contributed by atoms with E-state index in [1.54, 1.807) is 4.90 Å². The van der Waals surface area contributed by atoms with Crippen molar-refractivity contribution in [3.8, 4) is 0 Å². The maximum Gasteiger partial charge on any atom is 0.321 e. The number of likely N-dealkylation sites (tertiary alicyclic amines) is 1. The second-order valence-corrected chi connectivity index (χ2v) is 8.24. The molecule has 28 heavy (non-hydrogen) atoms. The van der Waals surface area contributed by atoms with Crippen LogP contribution in [-0.4, -0.2) is 39.8 Å². The summed E-state index contributed by atoms with van der Waals surface area (Å²) in [6, 6.07) is 10.9. The Morgan fingerprint density at radius 3 is 2.68 bits per heavy atom. The van der Waals surface area contributed by atoms with E-state index >= 15 is 0 Å². The predicted molar refractivity (Wildman–Crippen MR) is 115 cm³/mol. The van der Waals surface area contributed by atoms with E-state index in [2.05, 4.69) is 67.9 Å². The van der Waals surface area contributed by atoms with E-state index in [1.807, 2.05) is 0 Å². The van der Waals surface area contributed by atoms with E-state index in [0.717, 1.165) is 29.7 Å². The van der Waals surface area contributed by atoms with Crippen LogP contribution in [0.1, 0.15) is 43.9 Å². The van der Waals surface area contributed by atoms with Gasteiger partial charge >= 0.3 is 6.03 Å². The molecule has 5 nitrogen and oxygen atoms in total. The van der Waals surface area contributed by atoms with Gasteiger partial charge in [-0.2, -0.15) is 0 Å². The Morgan fingerprint density at radius 2 is 1.96 bits per heavy atom. The second-order valence-electron chi connectivity index (χ2n) is 8.24. The molecule has 3 aromatic rings. The van der Waals surface area contributed by atoms with Gasteiger partial charge in [0.15, 0.2) is 0 Å². The van der Waals surface area contributed by atoms with Crippen molar-refractivity contribution in [3.63, 3.8) is 0 Å². The van der Waals surface area contributed by atoms with Crippen LogP contribution in [0.4, 0.5) is 10.5 Å². The molecule has 2 N–H and O–H groups in total. The lowest BCUT2D eigenvalue weighted by molar-refractivity contribution is 0.0883. The fourth-order valence-corrected chi connectivity index (χ4v) is 4.59. The number of para-hydroxylation sites is 1. The first-order valence-electron chi connectivity index (χ1n) is 10.1. The molecule has 0 spiro atoms. The smallest absolute Gasteiger partial charge is 0.321 e. The van der Waals surface area contributed by atoms with Crippen LogP contribution in [0.15, 0.2) is 30.3 Å². The fourth-order valence-electron chi connectivity index (χ4n) is 4.59. The van der Waals surface area contributed by atoms with Crippen LogP contribution in [0.5, 0.6) is 0 Å². The summed E-state index contributed by atoms with van der Waals surface area (Å²) >= 11 is 0. The molecule has 0 bridgehead atoms. The third kappa shape index (κ3) is 3.04. The summed E-state index contributed by atoms with van der Waals surface area (Å²) in [5.41, 5.74) is 5.46. The van der Waals surface area contributed by atoms with Gasteiger partial charge < -0.3 is 19.9 Å². The van der Waals surface area contributed by atoms with Crippen LogP contribution >= 0.6 is 0 Å². The zero-order valence-corrected chi connectivity index (χ0v) is 17.1. The number of carbonyl (C=O) groups excluding carboxylic acids is 1. The van der Waals surface area contributed by atoms with E-state index in [9.17, 15) is 9.90 Å². The Bertz CT molecular complexity index is 1050. The second kappa shape index (κ2) is 7.13. The molecule has 1 aromatic heterocycles. The molecule has 0 unspecified atom stereocenters. The minimum absolute atomic E-state index is 0.128. The summed E-state index contributed by atoms with van der Waals surface area (Å²) < 4.78 is 2.37. The Hall–Kier alpha value is -2.53. The number of hydrogen-bond acceptors (Lipinski definition) is 2. The third-order valence-corrected chi connectivity index (χ3v) is 5.88. The van der Waals surface area contributed by atoms with Gasteiger partial charge in [-0.15, -0.1) is 0 Å². The summed E-state index contributed by atoms with van der Waals surface area (Å²) in [6.07, 6.45) is 1.18. The number of fused-ring (bicyclic) bond motifs is 3. The number of rotatable bonds is 2. The standard InChI is InChI=1S/C23H29N3O2/c1-14(2)26-19-10-6-5-9-18(19)21-16(4)22(15(3)12-20(21)26)24-23(28)25-11-7-8-17(27)13-25/h5-6,9-10,12,14,17,27H,7-8,11,13H2,1-4H3,(H,24,28)/t17-/m1/s1. The average Bonchev–Trinajstić information content (AvgIpc) is 2.99. The number of hydrogen-bond donors (Lipinski definition) is 2. The van der Waals surface area contributed by atoms with Crippen molar-refractivity contribution < 1.29 is 9.90 Å². The summed E-state index contributed by atoms with van der Waals surface area (Å²) in [4.78, 5) is 14.5. The number of aryl methyl sites for hydroxylation is 2. The summed E-state index contributed by atoms with van der Waals surface area (Å²) in [7, 11) is 0. The Morgan fingerprint density at radius 1 is 1.21 bits per heavy atom. The number of carbonyl (C=O) groups is 1. The van der Waals surface area contributed by atoms with E-state index in [1.165, 1.54) is 21.8 Å². The first-order valence-corrected chi connectivity index (χ1v) is 10.1. The van der Waals surface area contributed by atoms with Gasteiger partial charge in [0.25, 0.3) is 0 Å². The zero-order valence-electron chi connectivity index (χ0n) is 17.1. The fraction of sp³-hybridized carbons (Fsp3) is 0.435. The largest absolute Gasteiger partial charge is 0.391 e. The Labute approximate surface area is 165 Å². The molecule has 1 fully saturated rings. The highest BCUT2D eigenvalue weighted by atomic mass is 16.3. The van der Waals surface area contributed by atoms with Gasteiger partial charge in [-0.3, -0.25) is 0 Å². The first-order chi connectivity index (χ1) is 13.4. The van der Waals surface area contributed by atoms with Gasteiger partial charge in [-0.1, -0.05) is 18.2 Å². The number of nitrogens with one attached hydrogen (secondary N) is 1. The highest BCUT2D eigenvalue weighted by Crippen LogP contribution is 2.38. The Balaban J connectivity index is 1.82. The first kappa shape index (κ1) is 18.8. The molecule has 2 aromatic carbocycles. The average molecular weight is 380 g/mol. The van der Waals surface area contributed by atoms with Crippen molar-refractivity contribution in [2.45, 2.75) is 52.7 Å². The molecule has 0 saturated carbocycles. The molecule has 1 aliphatic heterocycles. The minimum atomic E-state index is -0.423. The summed E-state index contributed by atoms with van der Waals surface area (Å²) in [6.45, 7) is 9.64. The monoisotopic (exact) mass is 379 g/mol. The summed E-state index contributed by atoms with van der Waals surface area (Å²) in [5, 5.41) is 15.4. The van der Waals surface area contributed by atoms with E-state index in [-0.39, 0.29) is 6.03 Å². The maximum atomic E-state index is 12.8. The Kier molecular flexibility index (Phi) is 4.79. The number of aliphatic hydroxyl groups is 1. The highest BCUT2D eigenvalue weighted by molar-refractivity contribution is 6.12. The van der Waals surface area contributed by atoms with Crippen LogP contribution in [0.25, 0.3) is 21.8 Å². The van der Waals surface area contributed by atoms with Crippen LogP contribution < -0.4 is 5.32 Å². The molecule has 1 aliphatic rings. The van der Waals surface area contributed by atoms with Crippen LogP contribution in [0.2, 0.25) is 0 Å². The number of piperidine rings is 1. The molecule has 1 saturated heterocycles. The molecule has 148 valence electrons. The van der Waals surface area contributed by atoms with Crippen LogP contribution in [0.3, 0.4) is 0 Å². The number of urea groups is 1. The number of benzene rings is 2. The van der Waals surface area contributed by atoms with Crippen molar-refractivity contribution in [3.05, 3.63) is 41.5 Å². The molecular weight excluding hydrogens is 350 g/mol. The van der Waals surface area contributed by atoms with Gasteiger partial charge in [0.2, 0.25) is 0 Å². The minimum Gasteiger partial charge on any atom is -0.391 e. The lowest BCUT2D eigenvalue weighted by atomic mass is 10.0. The number of amides is 2. The highest BCUT2D eigenvalue weighted by Gasteiger charge is 2.24. The number of aliphatic hydroxyl groups excluding tert-OH is 1. The zero-order chi connectivity index (χ0) is 20.0. The topological polar surface area (TPSA) is 57.5 Å². The van der Waals surface area contributed by atoms with Gasteiger partial charge in [0.1, 0.15) is 0 Å². The normalized spacial score (nSPS) is 17.6. The van der Waals surface area contributed by atoms with Crippen molar-refractivity contribution in [2.75, 3.05) is 18.4 Å². The molecule has 5 heteroatoms. The van der Waals surface area contributed by atoms with E-state index in [4.69, 9.17) is 0 Å². The molecule has 0 radical (unpaired) electrons. The van der Waals surface area contributed by atoms with Crippen molar-refractivity contribution >= 4 is 33.5 Å². The van der Waals surface area contributed by atoms with Gasteiger partial charge in [-0.25, -0.2) is 4.79 Å². The lowest BCUT2D eigenvalue weighted by Crippen LogP contribution is -2.44. The number of nitrogens with zero attached hydrogens (tertiary/aromatic N) is 2. The van der Waals surface area contributed by atoms with Crippen molar-refractivity contribution in [1.29, 1.82) is 0 Å². The quantitative estimate of drug-likeness (QED) is 0.660. The number of β-amino-alcohol motifs (C(OH)–C–C–N with tert-alkyl or cyclic N) is 1. The molecular formula is C23H29N3O2.